The molecule has 0 radical (unpaired) electrons. The molecule has 1 heterocycles. The number of carbonyl (C=O) groups is 1. The molecule has 1 fully saturated rings. The number of hydrogen-bond donors (Lipinski definition) is 3. The predicted molar refractivity (Wildman–Crippen MR) is 94.7 cm³/mol. The Morgan fingerprint density at radius 3 is 2.67 bits per heavy atom. The first-order valence-corrected chi connectivity index (χ1v) is 8.21. The number of nitrogens with two attached hydrogens (primary N) is 1. The standard InChI is InChI=1S/C16H18N4O2.C2H6/c17-20-16(21)19-14-5-2-1-4-12(14)10-22-15-7-3-6-13(18-15)11-8-9-11;1-2/h1-7,11H,8-10,17H2,(H2,19,20,21);1-2H3. The van der Waals surface area contributed by atoms with E-state index in [-0.39, 0.29) is 0 Å². The van der Waals surface area contributed by atoms with Crippen molar-refractivity contribution in [3.8, 4) is 5.88 Å². The molecule has 0 aliphatic heterocycles. The van der Waals surface area contributed by atoms with Crippen LogP contribution in [0.15, 0.2) is 42.5 Å². The minimum Gasteiger partial charge on any atom is -0.473 e. The van der Waals surface area contributed by atoms with Gasteiger partial charge in [0.1, 0.15) is 6.61 Å². The summed E-state index contributed by atoms with van der Waals surface area (Å²) in [5.41, 5.74) is 4.64. The molecule has 2 amide bonds. The van der Waals surface area contributed by atoms with E-state index in [0.29, 0.717) is 24.1 Å². The van der Waals surface area contributed by atoms with Crippen molar-refractivity contribution in [2.75, 3.05) is 5.32 Å². The largest absolute Gasteiger partial charge is 0.473 e. The van der Waals surface area contributed by atoms with Gasteiger partial charge in [0.15, 0.2) is 0 Å². The van der Waals surface area contributed by atoms with E-state index in [9.17, 15) is 4.79 Å². The van der Waals surface area contributed by atoms with Crippen LogP contribution in [0.25, 0.3) is 0 Å². The number of hydrazine groups is 1. The smallest absolute Gasteiger partial charge is 0.333 e. The van der Waals surface area contributed by atoms with Crippen molar-refractivity contribution >= 4 is 11.7 Å². The van der Waals surface area contributed by atoms with Crippen LogP contribution in [-0.2, 0) is 6.61 Å². The summed E-state index contributed by atoms with van der Waals surface area (Å²) < 4.78 is 5.75. The Balaban J connectivity index is 0.00000100. The lowest BCUT2D eigenvalue weighted by Crippen LogP contribution is -2.34. The average molecular weight is 328 g/mol. The quantitative estimate of drug-likeness (QED) is 0.445. The van der Waals surface area contributed by atoms with E-state index in [1.165, 1.54) is 12.8 Å². The Morgan fingerprint density at radius 1 is 1.21 bits per heavy atom. The van der Waals surface area contributed by atoms with Crippen LogP contribution < -0.4 is 21.3 Å². The number of aromatic nitrogens is 1. The third-order valence-electron chi connectivity index (χ3n) is 3.51. The zero-order chi connectivity index (χ0) is 17.4. The summed E-state index contributed by atoms with van der Waals surface area (Å²) in [6, 6.07) is 12.8. The van der Waals surface area contributed by atoms with E-state index in [1.807, 2.05) is 55.7 Å². The fourth-order valence-corrected chi connectivity index (χ4v) is 2.20. The molecule has 1 aromatic heterocycles. The maximum atomic E-state index is 11.3. The van der Waals surface area contributed by atoms with E-state index in [0.717, 1.165) is 11.3 Å². The van der Waals surface area contributed by atoms with Crippen molar-refractivity contribution in [1.29, 1.82) is 0 Å². The summed E-state index contributed by atoms with van der Waals surface area (Å²) in [5, 5.41) is 2.66. The first-order chi connectivity index (χ1) is 11.8. The zero-order valence-corrected chi connectivity index (χ0v) is 14.1. The number of anilines is 1. The number of ether oxygens (including phenoxy) is 1. The molecule has 6 nitrogen and oxygen atoms in total. The van der Waals surface area contributed by atoms with Crippen LogP contribution in [0.1, 0.15) is 43.9 Å². The van der Waals surface area contributed by atoms with Crippen molar-refractivity contribution in [2.24, 2.45) is 5.84 Å². The molecule has 3 rings (SSSR count). The molecule has 0 spiro atoms. The molecular formula is C18H24N4O2. The molecule has 4 N–H and O–H groups in total. The molecule has 24 heavy (non-hydrogen) atoms. The van der Waals surface area contributed by atoms with Crippen molar-refractivity contribution in [1.82, 2.24) is 10.4 Å². The summed E-state index contributed by atoms with van der Waals surface area (Å²) in [7, 11) is 0. The first kappa shape index (κ1) is 17.7. The van der Waals surface area contributed by atoms with E-state index in [4.69, 9.17) is 10.6 Å². The number of nitrogens with zero attached hydrogens (tertiary/aromatic N) is 1. The topological polar surface area (TPSA) is 89.3 Å². The van der Waals surface area contributed by atoms with E-state index in [2.05, 4.69) is 10.3 Å². The summed E-state index contributed by atoms with van der Waals surface area (Å²) in [4.78, 5) is 15.8. The highest BCUT2D eigenvalue weighted by Gasteiger charge is 2.25. The van der Waals surface area contributed by atoms with Gasteiger partial charge in [-0.2, -0.15) is 0 Å². The zero-order valence-electron chi connectivity index (χ0n) is 14.1. The summed E-state index contributed by atoms with van der Waals surface area (Å²) in [6.07, 6.45) is 2.41. The van der Waals surface area contributed by atoms with E-state index < -0.39 is 6.03 Å². The van der Waals surface area contributed by atoms with Crippen LogP contribution >= 0.6 is 0 Å². The number of carbonyl (C=O) groups excluding carboxylic acids is 1. The third kappa shape index (κ3) is 4.96. The monoisotopic (exact) mass is 328 g/mol. The Labute approximate surface area is 142 Å². The van der Waals surface area contributed by atoms with Gasteiger partial charge in [-0.25, -0.2) is 15.6 Å². The van der Waals surface area contributed by atoms with Gasteiger partial charge in [0.05, 0.1) is 0 Å². The van der Waals surface area contributed by atoms with Crippen molar-refractivity contribution in [2.45, 2.75) is 39.2 Å². The Kier molecular flexibility index (Phi) is 6.57. The number of pyridine rings is 1. The average Bonchev–Trinajstić information content (AvgIpc) is 3.48. The molecule has 0 atom stereocenters. The number of hydrogen-bond acceptors (Lipinski definition) is 4. The second-order valence-electron chi connectivity index (χ2n) is 5.22. The minimum atomic E-state index is -0.471. The van der Waals surface area contributed by atoms with Gasteiger partial charge in [-0.3, -0.25) is 5.43 Å². The molecule has 6 heteroatoms. The number of urea groups is 1. The second-order valence-corrected chi connectivity index (χ2v) is 5.22. The van der Waals surface area contributed by atoms with Gasteiger partial charge in [0, 0.05) is 28.9 Å². The van der Waals surface area contributed by atoms with Gasteiger partial charge < -0.3 is 10.1 Å². The van der Waals surface area contributed by atoms with Crippen LogP contribution in [0.2, 0.25) is 0 Å². The van der Waals surface area contributed by atoms with Crippen LogP contribution in [0.3, 0.4) is 0 Å². The number of rotatable bonds is 5. The molecule has 128 valence electrons. The van der Waals surface area contributed by atoms with Crippen LogP contribution in [0.4, 0.5) is 10.5 Å². The molecule has 1 saturated carbocycles. The van der Waals surface area contributed by atoms with Crippen LogP contribution in [-0.4, -0.2) is 11.0 Å². The van der Waals surface area contributed by atoms with Gasteiger partial charge in [0.2, 0.25) is 5.88 Å². The highest BCUT2D eigenvalue weighted by Crippen LogP contribution is 2.39. The van der Waals surface area contributed by atoms with Crippen LogP contribution in [0.5, 0.6) is 5.88 Å². The van der Waals surface area contributed by atoms with E-state index in [1.54, 1.807) is 6.07 Å². The minimum absolute atomic E-state index is 0.322. The highest BCUT2D eigenvalue weighted by atomic mass is 16.5. The Bertz CT molecular complexity index is 672. The van der Waals surface area contributed by atoms with Crippen LogP contribution in [0, 0.1) is 0 Å². The summed E-state index contributed by atoms with van der Waals surface area (Å²) in [6.45, 7) is 4.32. The van der Waals surface area contributed by atoms with Crippen molar-refractivity contribution < 1.29 is 9.53 Å². The SMILES string of the molecule is CC.NNC(=O)Nc1ccccc1COc1cccc(C2CC2)n1. The lowest BCUT2D eigenvalue weighted by molar-refractivity contribution is 0.252. The maximum absolute atomic E-state index is 11.3. The molecule has 1 aliphatic carbocycles. The first-order valence-electron chi connectivity index (χ1n) is 8.21. The number of para-hydroxylation sites is 1. The molecule has 0 bridgehead atoms. The lowest BCUT2D eigenvalue weighted by Gasteiger charge is -2.12. The molecule has 2 aromatic rings. The molecule has 1 aliphatic rings. The highest BCUT2D eigenvalue weighted by molar-refractivity contribution is 5.89. The second kappa shape index (κ2) is 8.88. The van der Waals surface area contributed by atoms with Gasteiger partial charge in [-0.1, -0.05) is 38.1 Å². The number of amides is 2. The molecular weight excluding hydrogens is 304 g/mol. The summed E-state index contributed by atoms with van der Waals surface area (Å²) >= 11 is 0. The fraction of sp³-hybridized carbons (Fsp3) is 0.333. The van der Waals surface area contributed by atoms with Gasteiger partial charge in [0.25, 0.3) is 0 Å². The summed E-state index contributed by atoms with van der Waals surface area (Å²) in [5.74, 6) is 6.27. The Morgan fingerprint density at radius 2 is 1.96 bits per heavy atom. The van der Waals surface area contributed by atoms with Crippen molar-refractivity contribution in [3.05, 3.63) is 53.7 Å². The number of nitrogens with one attached hydrogen (secondary N) is 2. The normalized spacial score (nSPS) is 12.6. The number of benzene rings is 1. The van der Waals surface area contributed by atoms with Crippen molar-refractivity contribution in [3.63, 3.8) is 0 Å². The molecule has 0 saturated heterocycles. The maximum Gasteiger partial charge on any atom is 0.333 e. The Hall–Kier alpha value is -2.60. The van der Waals surface area contributed by atoms with Gasteiger partial charge in [-0.05, 0) is 25.0 Å². The van der Waals surface area contributed by atoms with Gasteiger partial charge >= 0.3 is 6.03 Å². The predicted octanol–water partition coefficient (Wildman–Crippen LogP) is 3.56. The molecule has 0 unspecified atom stereocenters. The third-order valence-corrected chi connectivity index (χ3v) is 3.51. The lowest BCUT2D eigenvalue weighted by atomic mass is 10.2. The van der Waals surface area contributed by atoms with Gasteiger partial charge in [-0.15, -0.1) is 0 Å². The molecule has 1 aromatic carbocycles. The fourth-order valence-electron chi connectivity index (χ4n) is 2.20. The van der Waals surface area contributed by atoms with E-state index >= 15 is 0 Å².